The van der Waals surface area contributed by atoms with Crippen molar-refractivity contribution >= 4 is 28.7 Å². The predicted octanol–water partition coefficient (Wildman–Crippen LogP) is 1.20. The van der Waals surface area contributed by atoms with Crippen molar-refractivity contribution < 1.29 is 19.1 Å². The maximum Gasteiger partial charge on any atom is 0.359 e. The summed E-state index contributed by atoms with van der Waals surface area (Å²) in [5.41, 5.74) is -0.329. The number of imide groups is 1. The second-order valence-electron chi connectivity index (χ2n) is 5.83. The lowest BCUT2D eigenvalue weighted by molar-refractivity contribution is -0.123. The molecule has 1 heterocycles. The summed E-state index contributed by atoms with van der Waals surface area (Å²) in [4.78, 5) is 47.7. The molecular weight excluding hydrogens is 352 g/mol. The number of esters is 1. The molecule has 2 rings (SSSR count). The molecule has 0 bridgehead atoms. The van der Waals surface area contributed by atoms with Gasteiger partial charge in [0.25, 0.3) is 11.5 Å². The van der Waals surface area contributed by atoms with Crippen molar-refractivity contribution in [2.45, 2.75) is 32.7 Å². The standard InChI is InChI=1S/C18H22N4O5/c1-3-4-7-10-22-16(24)13-9-6-5-8-12(13)15(21-22)17(25)27-11-14(23)20-18(26)19-2/h5-6,8-9H,3-4,7,10-11H2,1-2H3,(H2,19,20,23,26). The van der Waals surface area contributed by atoms with Gasteiger partial charge in [0.2, 0.25) is 0 Å². The van der Waals surface area contributed by atoms with Crippen LogP contribution in [0, 0.1) is 0 Å². The second kappa shape index (κ2) is 9.46. The zero-order valence-electron chi connectivity index (χ0n) is 15.3. The van der Waals surface area contributed by atoms with Crippen molar-refractivity contribution in [1.29, 1.82) is 0 Å². The monoisotopic (exact) mass is 374 g/mol. The normalized spacial score (nSPS) is 10.4. The zero-order valence-corrected chi connectivity index (χ0v) is 15.3. The highest BCUT2D eigenvalue weighted by atomic mass is 16.5. The zero-order chi connectivity index (χ0) is 19.8. The molecule has 0 saturated carbocycles. The smallest absolute Gasteiger partial charge is 0.359 e. The van der Waals surface area contributed by atoms with Crippen molar-refractivity contribution in [1.82, 2.24) is 20.4 Å². The van der Waals surface area contributed by atoms with E-state index in [1.54, 1.807) is 24.3 Å². The Morgan fingerprint density at radius 3 is 2.52 bits per heavy atom. The molecule has 144 valence electrons. The highest BCUT2D eigenvalue weighted by Gasteiger charge is 2.19. The molecule has 0 saturated heterocycles. The van der Waals surface area contributed by atoms with Gasteiger partial charge in [0.1, 0.15) is 0 Å². The van der Waals surface area contributed by atoms with Crippen molar-refractivity contribution in [3.8, 4) is 0 Å². The average molecular weight is 374 g/mol. The van der Waals surface area contributed by atoms with Crippen LogP contribution in [-0.2, 0) is 16.1 Å². The number of fused-ring (bicyclic) bond motifs is 1. The molecule has 1 aromatic heterocycles. The summed E-state index contributed by atoms with van der Waals surface area (Å²) < 4.78 is 6.20. The fraction of sp³-hybridized carbons (Fsp3) is 0.389. The summed E-state index contributed by atoms with van der Waals surface area (Å²) in [5, 5.41) is 9.05. The minimum Gasteiger partial charge on any atom is -0.451 e. The molecule has 0 aliphatic carbocycles. The van der Waals surface area contributed by atoms with Crippen LogP contribution in [0.5, 0.6) is 0 Å². The number of urea groups is 1. The largest absolute Gasteiger partial charge is 0.451 e. The molecular formula is C18H22N4O5. The number of aryl methyl sites for hydroxylation is 1. The van der Waals surface area contributed by atoms with E-state index in [-0.39, 0.29) is 11.3 Å². The number of hydrogen-bond donors (Lipinski definition) is 2. The Kier molecular flexibility index (Phi) is 7.04. The van der Waals surface area contributed by atoms with Gasteiger partial charge in [-0.2, -0.15) is 5.10 Å². The van der Waals surface area contributed by atoms with E-state index in [2.05, 4.69) is 10.4 Å². The van der Waals surface area contributed by atoms with Crippen molar-refractivity contribution in [3.63, 3.8) is 0 Å². The number of aromatic nitrogens is 2. The molecule has 3 amide bonds. The van der Waals surface area contributed by atoms with Crippen LogP contribution in [0.25, 0.3) is 10.8 Å². The molecule has 0 unspecified atom stereocenters. The lowest BCUT2D eigenvalue weighted by Gasteiger charge is -2.10. The first-order chi connectivity index (χ1) is 13.0. The minimum absolute atomic E-state index is 0.0468. The Balaban J connectivity index is 2.26. The first-order valence-corrected chi connectivity index (χ1v) is 8.66. The van der Waals surface area contributed by atoms with Crippen LogP contribution >= 0.6 is 0 Å². The van der Waals surface area contributed by atoms with Crippen molar-refractivity contribution in [2.75, 3.05) is 13.7 Å². The number of carbonyl (C=O) groups is 3. The van der Waals surface area contributed by atoms with E-state index < -0.39 is 24.5 Å². The molecule has 27 heavy (non-hydrogen) atoms. The van der Waals surface area contributed by atoms with Crippen LogP contribution in [-0.4, -0.2) is 41.3 Å². The number of rotatable bonds is 7. The molecule has 9 nitrogen and oxygen atoms in total. The summed E-state index contributed by atoms with van der Waals surface area (Å²) in [6.07, 6.45) is 2.67. The highest BCUT2D eigenvalue weighted by molar-refractivity contribution is 6.03. The topological polar surface area (TPSA) is 119 Å². The van der Waals surface area contributed by atoms with Crippen LogP contribution < -0.4 is 16.2 Å². The van der Waals surface area contributed by atoms with Gasteiger partial charge in [0.05, 0.1) is 5.39 Å². The van der Waals surface area contributed by atoms with Gasteiger partial charge in [-0.05, 0) is 12.5 Å². The van der Waals surface area contributed by atoms with Gasteiger partial charge in [0.15, 0.2) is 12.3 Å². The molecule has 0 spiro atoms. The fourth-order valence-corrected chi connectivity index (χ4v) is 2.47. The van der Waals surface area contributed by atoms with Crippen molar-refractivity contribution in [2.24, 2.45) is 0 Å². The molecule has 1 aromatic carbocycles. The number of carbonyl (C=O) groups excluding carboxylic acids is 3. The van der Waals surface area contributed by atoms with E-state index >= 15 is 0 Å². The Labute approximate surface area is 155 Å². The first kappa shape index (κ1) is 20.1. The second-order valence-corrected chi connectivity index (χ2v) is 5.83. The molecule has 0 radical (unpaired) electrons. The number of benzene rings is 1. The summed E-state index contributed by atoms with van der Waals surface area (Å²) in [5.74, 6) is -1.62. The Morgan fingerprint density at radius 1 is 1.15 bits per heavy atom. The van der Waals surface area contributed by atoms with Crippen molar-refractivity contribution in [3.05, 3.63) is 40.3 Å². The van der Waals surface area contributed by atoms with E-state index in [4.69, 9.17) is 4.74 Å². The summed E-state index contributed by atoms with van der Waals surface area (Å²) in [6, 6.07) is 5.89. The van der Waals surface area contributed by atoms with Gasteiger partial charge in [-0.3, -0.25) is 14.9 Å². The van der Waals surface area contributed by atoms with E-state index in [1.807, 2.05) is 12.2 Å². The minimum atomic E-state index is -0.845. The fourth-order valence-electron chi connectivity index (χ4n) is 2.47. The maximum absolute atomic E-state index is 12.6. The van der Waals surface area contributed by atoms with Gasteiger partial charge in [0, 0.05) is 19.0 Å². The lowest BCUT2D eigenvalue weighted by atomic mass is 10.1. The molecule has 2 N–H and O–H groups in total. The van der Waals surface area contributed by atoms with Gasteiger partial charge in [-0.1, -0.05) is 38.0 Å². The van der Waals surface area contributed by atoms with Gasteiger partial charge < -0.3 is 10.1 Å². The Hall–Kier alpha value is -3.23. The third-order valence-electron chi connectivity index (χ3n) is 3.85. The first-order valence-electron chi connectivity index (χ1n) is 8.66. The lowest BCUT2D eigenvalue weighted by Crippen LogP contribution is -2.39. The average Bonchev–Trinajstić information content (AvgIpc) is 2.68. The van der Waals surface area contributed by atoms with Gasteiger partial charge in [-0.15, -0.1) is 0 Å². The van der Waals surface area contributed by atoms with E-state index in [0.29, 0.717) is 17.3 Å². The number of nitrogens with zero attached hydrogens (tertiary/aromatic N) is 2. The predicted molar refractivity (Wildman–Crippen MR) is 98.4 cm³/mol. The Morgan fingerprint density at radius 2 is 1.85 bits per heavy atom. The molecule has 2 aromatic rings. The molecule has 0 aliphatic heterocycles. The van der Waals surface area contributed by atoms with Gasteiger partial charge >= 0.3 is 12.0 Å². The third-order valence-corrected chi connectivity index (χ3v) is 3.85. The van der Waals surface area contributed by atoms with Crippen LogP contribution in [0.4, 0.5) is 4.79 Å². The number of unbranched alkanes of at least 4 members (excludes halogenated alkanes) is 2. The molecule has 0 fully saturated rings. The quantitative estimate of drug-likeness (QED) is 0.555. The number of ether oxygens (including phenoxy) is 1. The van der Waals surface area contributed by atoms with E-state index in [1.165, 1.54) is 11.7 Å². The number of amides is 3. The van der Waals surface area contributed by atoms with Crippen LogP contribution in [0.3, 0.4) is 0 Å². The Bertz CT molecular complexity index is 906. The highest BCUT2D eigenvalue weighted by Crippen LogP contribution is 2.14. The van der Waals surface area contributed by atoms with Crippen LogP contribution in [0.1, 0.15) is 36.7 Å². The molecule has 0 atom stereocenters. The van der Waals surface area contributed by atoms with Crippen LogP contribution in [0.2, 0.25) is 0 Å². The summed E-state index contributed by atoms with van der Waals surface area (Å²) in [6.45, 7) is 1.79. The van der Waals surface area contributed by atoms with Gasteiger partial charge in [-0.25, -0.2) is 14.3 Å². The van der Waals surface area contributed by atoms with Crippen LogP contribution in [0.15, 0.2) is 29.1 Å². The summed E-state index contributed by atoms with van der Waals surface area (Å²) >= 11 is 0. The van der Waals surface area contributed by atoms with E-state index in [9.17, 15) is 19.2 Å². The third kappa shape index (κ3) is 5.13. The molecule has 0 aliphatic rings. The van der Waals surface area contributed by atoms with E-state index in [0.717, 1.165) is 19.3 Å². The number of hydrogen-bond acceptors (Lipinski definition) is 6. The molecule has 9 heteroatoms. The maximum atomic E-state index is 12.6. The summed E-state index contributed by atoms with van der Waals surface area (Å²) in [7, 11) is 1.35. The number of nitrogens with one attached hydrogen (secondary N) is 2. The SMILES string of the molecule is CCCCCn1nc(C(=O)OCC(=O)NC(=O)NC)c2ccccc2c1=O.